The maximum absolute atomic E-state index is 14.0. The molecule has 1 aliphatic carbocycles. The standard InChI is InChI=1S/C18H16F5NO3S/c1-26-10-5-8(6-11(27-2)17(10)25)7-24(9-3-4-9)28-18-15(22)13(20)12(19)14(21)16(18)23/h5-6,9,25H,3-4,7H2,1-2H3. The number of aromatic hydroxyl groups is 1. The summed E-state index contributed by atoms with van der Waals surface area (Å²) in [5.74, 6) is -9.83. The summed E-state index contributed by atoms with van der Waals surface area (Å²) in [6.07, 6.45) is 1.43. The van der Waals surface area contributed by atoms with Gasteiger partial charge >= 0.3 is 0 Å². The lowest BCUT2D eigenvalue weighted by Gasteiger charge is -2.22. The van der Waals surface area contributed by atoms with Crippen LogP contribution in [0.1, 0.15) is 18.4 Å². The Hall–Kier alpha value is -2.20. The molecule has 1 saturated carbocycles. The van der Waals surface area contributed by atoms with E-state index in [1.54, 1.807) is 0 Å². The van der Waals surface area contributed by atoms with Crippen molar-refractivity contribution in [1.82, 2.24) is 4.31 Å². The van der Waals surface area contributed by atoms with Crippen LogP contribution >= 0.6 is 11.9 Å². The minimum absolute atomic E-state index is 0.0919. The zero-order valence-electron chi connectivity index (χ0n) is 14.9. The lowest BCUT2D eigenvalue weighted by molar-refractivity contribution is 0.337. The second-order valence-electron chi connectivity index (χ2n) is 6.15. The average molecular weight is 421 g/mol. The van der Waals surface area contributed by atoms with E-state index in [2.05, 4.69) is 0 Å². The van der Waals surface area contributed by atoms with Gasteiger partial charge in [0.15, 0.2) is 34.8 Å². The largest absolute Gasteiger partial charge is 0.502 e. The highest BCUT2D eigenvalue weighted by molar-refractivity contribution is 7.97. The number of nitrogens with zero attached hydrogens (tertiary/aromatic N) is 1. The van der Waals surface area contributed by atoms with Gasteiger partial charge in [-0.25, -0.2) is 26.3 Å². The molecule has 0 aromatic heterocycles. The van der Waals surface area contributed by atoms with E-state index in [0.29, 0.717) is 17.5 Å². The molecule has 4 nitrogen and oxygen atoms in total. The van der Waals surface area contributed by atoms with Gasteiger partial charge in [0.05, 0.1) is 14.2 Å². The third-order valence-electron chi connectivity index (χ3n) is 4.21. The quantitative estimate of drug-likeness (QED) is 0.302. The Kier molecular flexibility index (Phi) is 5.90. The molecule has 0 heterocycles. The van der Waals surface area contributed by atoms with E-state index in [4.69, 9.17) is 9.47 Å². The van der Waals surface area contributed by atoms with Gasteiger partial charge in [-0.15, -0.1) is 0 Å². The highest BCUT2D eigenvalue weighted by Gasteiger charge is 2.34. The molecular weight excluding hydrogens is 405 g/mol. The SMILES string of the molecule is COc1cc(CN(Sc2c(F)c(F)c(F)c(F)c2F)C2CC2)cc(OC)c1O. The second-order valence-corrected chi connectivity index (χ2v) is 7.21. The Morgan fingerprint density at radius 3 is 1.82 bits per heavy atom. The molecule has 0 spiro atoms. The molecular formula is C18H16F5NO3S. The highest BCUT2D eigenvalue weighted by atomic mass is 32.2. The van der Waals surface area contributed by atoms with Crippen LogP contribution < -0.4 is 9.47 Å². The number of hydrogen-bond acceptors (Lipinski definition) is 5. The van der Waals surface area contributed by atoms with Crippen molar-refractivity contribution < 1.29 is 36.5 Å². The van der Waals surface area contributed by atoms with Crippen LogP contribution in [0.2, 0.25) is 0 Å². The van der Waals surface area contributed by atoms with Gasteiger partial charge in [0, 0.05) is 12.6 Å². The molecule has 2 aromatic rings. The number of ether oxygens (including phenoxy) is 2. The summed E-state index contributed by atoms with van der Waals surface area (Å²) in [6, 6.07) is 2.92. The predicted molar refractivity (Wildman–Crippen MR) is 91.9 cm³/mol. The first-order valence-electron chi connectivity index (χ1n) is 8.18. The number of methoxy groups -OCH3 is 2. The van der Waals surface area contributed by atoms with E-state index in [1.807, 2.05) is 0 Å². The molecule has 152 valence electrons. The summed E-state index contributed by atoms with van der Waals surface area (Å²) < 4.78 is 80.0. The molecule has 2 aromatic carbocycles. The van der Waals surface area contributed by atoms with E-state index in [1.165, 1.54) is 30.7 Å². The van der Waals surface area contributed by atoms with Crippen molar-refractivity contribution in [1.29, 1.82) is 0 Å². The number of benzene rings is 2. The number of phenols is 1. The third-order valence-corrected chi connectivity index (χ3v) is 5.41. The van der Waals surface area contributed by atoms with Crippen LogP contribution in [0.25, 0.3) is 0 Å². The summed E-state index contributed by atoms with van der Waals surface area (Å²) in [6.45, 7) is 0.0990. The first kappa shape index (κ1) is 20.5. The van der Waals surface area contributed by atoms with Crippen molar-refractivity contribution in [2.75, 3.05) is 14.2 Å². The van der Waals surface area contributed by atoms with Crippen molar-refractivity contribution in [3.63, 3.8) is 0 Å². The second kappa shape index (κ2) is 8.04. The van der Waals surface area contributed by atoms with Crippen molar-refractivity contribution in [2.45, 2.75) is 30.3 Å². The maximum atomic E-state index is 14.0. The molecule has 0 amide bonds. The Morgan fingerprint density at radius 1 is 0.929 bits per heavy atom. The minimum atomic E-state index is -2.19. The van der Waals surface area contributed by atoms with Crippen LogP contribution in [0.5, 0.6) is 17.2 Å². The van der Waals surface area contributed by atoms with Gasteiger partial charge < -0.3 is 14.6 Å². The molecule has 0 saturated heterocycles. The Balaban J connectivity index is 1.93. The Morgan fingerprint density at radius 2 is 1.39 bits per heavy atom. The van der Waals surface area contributed by atoms with Gasteiger partial charge in [-0.05, 0) is 42.5 Å². The van der Waals surface area contributed by atoms with Crippen LogP contribution in [0, 0.1) is 29.1 Å². The van der Waals surface area contributed by atoms with Crippen molar-refractivity contribution in [3.05, 3.63) is 46.8 Å². The van der Waals surface area contributed by atoms with Crippen LogP contribution in [0.4, 0.5) is 22.0 Å². The van der Waals surface area contributed by atoms with Crippen molar-refractivity contribution in [3.8, 4) is 17.2 Å². The molecule has 10 heteroatoms. The summed E-state index contributed by atoms with van der Waals surface area (Å²) in [7, 11) is 2.70. The smallest absolute Gasteiger partial charge is 0.200 e. The fourth-order valence-electron chi connectivity index (χ4n) is 2.60. The predicted octanol–water partition coefficient (Wildman–Crippen LogP) is 4.78. The van der Waals surface area contributed by atoms with E-state index < -0.39 is 34.0 Å². The fraction of sp³-hybridized carbons (Fsp3) is 0.333. The van der Waals surface area contributed by atoms with Crippen LogP contribution in [-0.2, 0) is 6.54 Å². The molecule has 1 fully saturated rings. The normalized spacial score (nSPS) is 13.9. The summed E-state index contributed by atoms with van der Waals surface area (Å²) in [4.78, 5) is -0.957. The number of halogens is 5. The van der Waals surface area contributed by atoms with Gasteiger partial charge in [-0.2, -0.15) is 0 Å². The molecule has 1 aliphatic rings. The fourth-order valence-corrected chi connectivity index (χ4v) is 3.75. The van der Waals surface area contributed by atoms with Gasteiger partial charge in [0.25, 0.3) is 0 Å². The van der Waals surface area contributed by atoms with Crippen LogP contribution in [0.3, 0.4) is 0 Å². The lowest BCUT2D eigenvalue weighted by Crippen LogP contribution is -2.19. The zero-order chi connectivity index (χ0) is 20.6. The Bertz CT molecular complexity index is 853. The van der Waals surface area contributed by atoms with E-state index in [9.17, 15) is 27.1 Å². The average Bonchev–Trinajstić information content (AvgIpc) is 3.53. The monoisotopic (exact) mass is 421 g/mol. The summed E-state index contributed by atoms with van der Waals surface area (Å²) >= 11 is 0.468. The number of rotatable bonds is 7. The van der Waals surface area contributed by atoms with Crippen molar-refractivity contribution >= 4 is 11.9 Å². The molecule has 0 bridgehead atoms. The van der Waals surface area contributed by atoms with E-state index in [0.717, 1.165) is 12.8 Å². The molecule has 0 aliphatic heterocycles. The van der Waals surface area contributed by atoms with Gasteiger partial charge in [-0.1, -0.05) is 0 Å². The first-order valence-corrected chi connectivity index (χ1v) is 8.95. The third kappa shape index (κ3) is 3.83. The van der Waals surface area contributed by atoms with E-state index in [-0.39, 0.29) is 29.8 Å². The first-order chi connectivity index (χ1) is 13.3. The maximum Gasteiger partial charge on any atom is 0.200 e. The van der Waals surface area contributed by atoms with E-state index >= 15 is 0 Å². The van der Waals surface area contributed by atoms with Gasteiger partial charge in [0.1, 0.15) is 4.90 Å². The lowest BCUT2D eigenvalue weighted by atomic mass is 10.2. The van der Waals surface area contributed by atoms with Crippen molar-refractivity contribution in [2.24, 2.45) is 0 Å². The molecule has 3 rings (SSSR count). The van der Waals surface area contributed by atoms with Gasteiger partial charge in [-0.3, -0.25) is 0 Å². The summed E-state index contributed by atoms with van der Waals surface area (Å²) in [5.41, 5.74) is 0.565. The number of phenolic OH excluding ortho intramolecular Hbond substituents is 1. The molecule has 1 N–H and O–H groups in total. The Labute approximate surface area is 162 Å². The zero-order valence-corrected chi connectivity index (χ0v) is 15.7. The highest BCUT2D eigenvalue weighted by Crippen LogP contribution is 2.42. The number of hydrogen-bond donors (Lipinski definition) is 1. The van der Waals surface area contributed by atoms with Gasteiger partial charge in [0.2, 0.25) is 11.6 Å². The molecule has 0 atom stereocenters. The van der Waals surface area contributed by atoms with Crippen LogP contribution in [-0.4, -0.2) is 29.7 Å². The summed E-state index contributed by atoms with van der Waals surface area (Å²) in [5, 5.41) is 9.98. The molecule has 28 heavy (non-hydrogen) atoms. The van der Waals surface area contributed by atoms with Crippen LogP contribution in [0.15, 0.2) is 17.0 Å². The molecule has 0 unspecified atom stereocenters. The minimum Gasteiger partial charge on any atom is -0.502 e. The molecule has 0 radical (unpaired) electrons. The topological polar surface area (TPSA) is 41.9 Å².